The molecule has 0 aromatic heterocycles. The topological polar surface area (TPSA) is 84.7 Å². The molecule has 0 saturated carbocycles. The summed E-state index contributed by atoms with van der Waals surface area (Å²) in [6.07, 6.45) is -0.447. The summed E-state index contributed by atoms with van der Waals surface area (Å²) in [5, 5.41) is 14.4. The molecule has 1 saturated heterocycles. The number of amides is 1. The summed E-state index contributed by atoms with van der Waals surface area (Å²) in [5.41, 5.74) is -0.0647. The largest absolute Gasteiger partial charge is 0.444 e. The Bertz CT molecular complexity index is 568. The Morgan fingerprint density at radius 3 is 2.73 bits per heavy atom. The molecule has 2 rings (SSSR count). The van der Waals surface area contributed by atoms with Crippen LogP contribution < -0.4 is 5.32 Å². The minimum absolute atomic E-state index is 0.0183. The highest BCUT2D eigenvalue weighted by atomic mass is 16.6. The van der Waals surface area contributed by atoms with Gasteiger partial charge in [0.05, 0.1) is 16.5 Å². The number of nitro benzene ring substituents is 1. The minimum atomic E-state index is -0.602. The third-order valence-corrected chi connectivity index (χ3v) is 3.36. The predicted octanol–water partition coefficient (Wildman–Crippen LogP) is 2.48. The molecule has 1 atom stereocenters. The number of para-hydroxylation sites is 1. The first kappa shape index (κ1) is 16.2. The Labute approximate surface area is 129 Å². The second-order valence-corrected chi connectivity index (χ2v) is 6.21. The molecule has 0 aliphatic carbocycles. The third kappa shape index (κ3) is 3.73. The molecule has 0 spiro atoms. The molecular formula is C15H21N3O4. The van der Waals surface area contributed by atoms with E-state index in [2.05, 4.69) is 5.32 Å². The number of nitrogens with one attached hydrogen (secondary N) is 1. The highest BCUT2D eigenvalue weighted by Crippen LogP contribution is 2.31. The van der Waals surface area contributed by atoms with Crippen LogP contribution in [0.25, 0.3) is 0 Å². The van der Waals surface area contributed by atoms with Crippen LogP contribution in [0.5, 0.6) is 0 Å². The molecule has 1 aliphatic rings. The Balaban J connectivity index is 2.31. The van der Waals surface area contributed by atoms with Crippen molar-refractivity contribution in [3.63, 3.8) is 0 Å². The number of ether oxygens (including phenoxy) is 1. The quantitative estimate of drug-likeness (QED) is 0.670. The van der Waals surface area contributed by atoms with Crippen molar-refractivity contribution < 1.29 is 14.5 Å². The van der Waals surface area contributed by atoms with Crippen molar-refractivity contribution >= 4 is 11.8 Å². The van der Waals surface area contributed by atoms with Gasteiger partial charge < -0.3 is 10.1 Å². The van der Waals surface area contributed by atoms with Crippen LogP contribution in [0, 0.1) is 10.1 Å². The number of piperazine rings is 1. The average Bonchev–Trinajstić information content (AvgIpc) is 2.45. The number of nitrogens with zero attached hydrogens (tertiary/aromatic N) is 2. The Hall–Kier alpha value is -2.15. The molecule has 1 amide bonds. The minimum Gasteiger partial charge on any atom is -0.444 e. The van der Waals surface area contributed by atoms with Crippen LogP contribution in [-0.4, -0.2) is 41.2 Å². The van der Waals surface area contributed by atoms with Gasteiger partial charge in [0.25, 0.3) is 5.69 Å². The molecule has 1 N–H and O–H groups in total. The second-order valence-electron chi connectivity index (χ2n) is 6.21. The molecule has 22 heavy (non-hydrogen) atoms. The number of benzene rings is 1. The molecule has 0 radical (unpaired) electrons. The van der Waals surface area contributed by atoms with Crippen molar-refractivity contribution in [1.82, 2.24) is 10.2 Å². The smallest absolute Gasteiger partial charge is 0.410 e. The lowest BCUT2D eigenvalue weighted by molar-refractivity contribution is -0.386. The first-order valence-electron chi connectivity index (χ1n) is 7.23. The zero-order valence-corrected chi connectivity index (χ0v) is 13.0. The lowest BCUT2D eigenvalue weighted by atomic mass is 10.0. The summed E-state index contributed by atoms with van der Waals surface area (Å²) >= 11 is 0. The van der Waals surface area contributed by atoms with E-state index in [0.29, 0.717) is 25.2 Å². The van der Waals surface area contributed by atoms with Crippen molar-refractivity contribution in [1.29, 1.82) is 0 Å². The normalized spacial score (nSPS) is 18.9. The van der Waals surface area contributed by atoms with Gasteiger partial charge in [-0.25, -0.2) is 4.79 Å². The SMILES string of the molecule is CC(C)(C)OC(=O)N1CCNCC1c1ccccc1[N+](=O)[O-]. The zero-order valence-electron chi connectivity index (χ0n) is 13.0. The lowest BCUT2D eigenvalue weighted by Gasteiger charge is -2.37. The van der Waals surface area contributed by atoms with Gasteiger partial charge in [0.2, 0.25) is 0 Å². The van der Waals surface area contributed by atoms with E-state index in [0.717, 1.165) is 0 Å². The van der Waals surface area contributed by atoms with Gasteiger partial charge in [0, 0.05) is 25.7 Å². The molecule has 1 aromatic rings. The van der Waals surface area contributed by atoms with Gasteiger partial charge in [-0.2, -0.15) is 0 Å². The number of rotatable bonds is 2. The van der Waals surface area contributed by atoms with Crippen molar-refractivity contribution in [3.05, 3.63) is 39.9 Å². The van der Waals surface area contributed by atoms with Crippen molar-refractivity contribution in [2.24, 2.45) is 0 Å². The second kappa shape index (κ2) is 6.31. The van der Waals surface area contributed by atoms with E-state index >= 15 is 0 Å². The highest BCUT2D eigenvalue weighted by molar-refractivity contribution is 5.69. The van der Waals surface area contributed by atoms with Crippen molar-refractivity contribution in [2.45, 2.75) is 32.4 Å². The first-order chi connectivity index (χ1) is 10.3. The van der Waals surface area contributed by atoms with E-state index < -0.39 is 22.7 Å². The molecule has 120 valence electrons. The molecular weight excluding hydrogens is 286 g/mol. The van der Waals surface area contributed by atoms with Crippen LogP contribution in [-0.2, 0) is 4.74 Å². The van der Waals surface area contributed by atoms with Crippen LogP contribution in [0.3, 0.4) is 0 Å². The summed E-state index contributed by atoms with van der Waals surface area (Å²) in [4.78, 5) is 24.7. The summed E-state index contributed by atoms with van der Waals surface area (Å²) in [7, 11) is 0. The summed E-state index contributed by atoms with van der Waals surface area (Å²) in [6.45, 7) is 6.94. The van der Waals surface area contributed by atoms with Gasteiger partial charge in [-0.1, -0.05) is 18.2 Å². The number of hydrogen-bond acceptors (Lipinski definition) is 5. The number of nitro groups is 1. The Morgan fingerprint density at radius 1 is 1.41 bits per heavy atom. The molecule has 7 nitrogen and oxygen atoms in total. The number of carbonyl (C=O) groups is 1. The van der Waals surface area contributed by atoms with Crippen LogP contribution in [0.1, 0.15) is 32.4 Å². The number of carbonyl (C=O) groups excluding carboxylic acids is 1. The van der Waals surface area contributed by atoms with E-state index in [4.69, 9.17) is 4.74 Å². The summed E-state index contributed by atoms with van der Waals surface area (Å²) < 4.78 is 5.42. The maximum Gasteiger partial charge on any atom is 0.410 e. The maximum atomic E-state index is 12.4. The Kier molecular flexibility index (Phi) is 4.65. The van der Waals surface area contributed by atoms with E-state index in [1.807, 2.05) is 0 Å². The standard InChI is InChI=1S/C15H21N3O4/c1-15(2,3)22-14(19)17-9-8-16-10-13(17)11-6-4-5-7-12(11)18(20)21/h4-7,13,16H,8-10H2,1-3H3. The molecule has 1 fully saturated rings. The first-order valence-corrected chi connectivity index (χ1v) is 7.23. The maximum absolute atomic E-state index is 12.4. The molecule has 1 aliphatic heterocycles. The van der Waals surface area contributed by atoms with Crippen LogP contribution in [0.4, 0.5) is 10.5 Å². The van der Waals surface area contributed by atoms with Gasteiger partial charge in [0.1, 0.15) is 5.60 Å². The van der Waals surface area contributed by atoms with Gasteiger partial charge in [-0.3, -0.25) is 15.0 Å². The molecule has 1 aromatic carbocycles. The molecule has 1 unspecified atom stereocenters. The van der Waals surface area contributed by atoms with E-state index in [-0.39, 0.29) is 5.69 Å². The monoisotopic (exact) mass is 307 g/mol. The van der Waals surface area contributed by atoms with E-state index in [1.54, 1.807) is 43.9 Å². The third-order valence-electron chi connectivity index (χ3n) is 3.36. The van der Waals surface area contributed by atoms with E-state index in [9.17, 15) is 14.9 Å². The lowest BCUT2D eigenvalue weighted by Crippen LogP contribution is -2.50. The van der Waals surface area contributed by atoms with Crippen molar-refractivity contribution in [3.8, 4) is 0 Å². The zero-order chi connectivity index (χ0) is 16.3. The van der Waals surface area contributed by atoms with Crippen LogP contribution >= 0.6 is 0 Å². The van der Waals surface area contributed by atoms with Crippen molar-refractivity contribution in [2.75, 3.05) is 19.6 Å². The molecule has 7 heteroatoms. The molecule has 0 bridgehead atoms. The van der Waals surface area contributed by atoms with Gasteiger partial charge >= 0.3 is 6.09 Å². The number of hydrogen-bond donors (Lipinski definition) is 1. The summed E-state index contributed by atoms with van der Waals surface area (Å²) in [6, 6.07) is 6.09. The van der Waals surface area contributed by atoms with Gasteiger partial charge in [0.15, 0.2) is 0 Å². The average molecular weight is 307 g/mol. The summed E-state index contributed by atoms with van der Waals surface area (Å²) in [5.74, 6) is 0. The molecule has 1 heterocycles. The fourth-order valence-electron chi connectivity index (χ4n) is 2.46. The van der Waals surface area contributed by atoms with Gasteiger partial charge in [-0.15, -0.1) is 0 Å². The highest BCUT2D eigenvalue weighted by Gasteiger charge is 2.34. The van der Waals surface area contributed by atoms with E-state index in [1.165, 1.54) is 6.07 Å². The Morgan fingerprint density at radius 2 is 2.09 bits per heavy atom. The van der Waals surface area contributed by atoms with Crippen LogP contribution in [0.15, 0.2) is 24.3 Å². The fraction of sp³-hybridized carbons (Fsp3) is 0.533. The predicted molar refractivity (Wildman–Crippen MR) is 81.6 cm³/mol. The fourth-order valence-corrected chi connectivity index (χ4v) is 2.46. The van der Waals surface area contributed by atoms with Crippen LogP contribution in [0.2, 0.25) is 0 Å². The van der Waals surface area contributed by atoms with Gasteiger partial charge in [-0.05, 0) is 20.8 Å².